The third-order valence-corrected chi connectivity index (χ3v) is 3.28. The molecule has 2 aromatic rings. The van der Waals surface area contributed by atoms with E-state index < -0.39 is 17.7 Å². The van der Waals surface area contributed by atoms with Crippen LogP contribution in [-0.4, -0.2) is 12.2 Å². The minimum atomic E-state index is -0.884. The van der Waals surface area contributed by atoms with E-state index >= 15 is 0 Å². The second-order valence-electron chi connectivity index (χ2n) is 4.36. The lowest BCUT2D eigenvalue weighted by molar-refractivity contribution is 0.177. The summed E-state index contributed by atoms with van der Waals surface area (Å²) in [6.07, 6.45) is -0.687. The summed E-state index contributed by atoms with van der Waals surface area (Å²) in [5.74, 6) is -0.974. The molecule has 2 aromatic carbocycles. The Morgan fingerprint density at radius 1 is 1.15 bits per heavy atom. The van der Waals surface area contributed by atoms with Gasteiger partial charge in [-0.1, -0.05) is 23.7 Å². The first kappa shape index (κ1) is 14.8. The summed E-state index contributed by atoms with van der Waals surface area (Å²) in [5.41, 5.74) is 1.10. The van der Waals surface area contributed by atoms with E-state index in [1.54, 1.807) is 6.07 Å². The van der Waals surface area contributed by atoms with Crippen LogP contribution >= 0.6 is 11.6 Å². The van der Waals surface area contributed by atoms with Gasteiger partial charge >= 0.3 is 0 Å². The first-order chi connectivity index (χ1) is 9.51. The van der Waals surface area contributed by atoms with Crippen molar-refractivity contribution in [1.29, 1.82) is 0 Å². The molecule has 1 unspecified atom stereocenters. The van der Waals surface area contributed by atoms with Crippen LogP contribution in [0.4, 0.5) is 8.78 Å². The van der Waals surface area contributed by atoms with E-state index in [-0.39, 0.29) is 17.2 Å². The predicted molar refractivity (Wildman–Crippen MR) is 73.0 cm³/mol. The fraction of sp³-hybridized carbons (Fsp3) is 0.200. The van der Waals surface area contributed by atoms with Gasteiger partial charge in [0.15, 0.2) is 11.6 Å². The molecule has 0 spiro atoms. The maximum Gasteiger partial charge on any atom is 0.165 e. The molecule has 0 aliphatic carbocycles. The number of aliphatic hydroxyl groups excluding tert-OH is 1. The first-order valence-corrected chi connectivity index (χ1v) is 6.34. The lowest BCUT2D eigenvalue weighted by Crippen LogP contribution is -2.03. The lowest BCUT2D eigenvalue weighted by Gasteiger charge is -2.13. The molecule has 2 rings (SSSR count). The van der Waals surface area contributed by atoms with Crippen LogP contribution in [0.3, 0.4) is 0 Å². The van der Waals surface area contributed by atoms with Crippen molar-refractivity contribution < 1.29 is 18.6 Å². The highest BCUT2D eigenvalue weighted by atomic mass is 35.5. The SMILES string of the molecule is COc1cc(C(O)Cc2ccc(Cl)c(F)c2)ccc1F. The predicted octanol–water partition coefficient (Wildman–Crippen LogP) is 3.90. The Bertz CT molecular complexity index is 617. The van der Waals surface area contributed by atoms with Crippen molar-refractivity contribution in [3.8, 4) is 5.75 Å². The van der Waals surface area contributed by atoms with E-state index in [0.29, 0.717) is 11.1 Å². The van der Waals surface area contributed by atoms with Gasteiger partial charge in [0.25, 0.3) is 0 Å². The van der Waals surface area contributed by atoms with Crippen molar-refractivity contribution in [1.82, 2.24) is 0 Å². The Morgan fingerprint density at radius 2 is 1.90 bits per heavy atom. The van der Waals surface area contributed by atoms with Gasteiger partial charge in [-0.05, 0) is 35.4 Å². The Kier molecular flexibility index (Phi) is 4.57. The topological polar surface area (TPSA) is 29.5 Å². The minimum Gasteiger partial charge on any atom is -0.494 e. The van der Waals surface area contributed by atoms with Crippen molar-refractivity contribution in [3.63, 3.8) is 0 Å². The summed E-state index contributed by atoms with van der Waals surface area (Å²) in [6, 6.07) is 8.45. The number of aliphatic hydroxyl groups is 1. The molecule has 0 saturated heterocycles. The van der Waals surface area contributed by atoms with Gasteiger partial charge in [0, 0.05) is 6.42 Å². The third kappa shape index (κ3) is 3.26. The molecule has 0 fully saturated rings. The van der Waals surface area contributed by atoms with Crippen LogP contribution < -0.4 is 4.74 Å². The van der Waals surface area contributed by atoms with Gasteiger partial charge in [-0.15, -0.1) is 0 Å². The Labute approximate surface area is 120 Å². The van der Waals surface area contributed by atoms with Gasteiger partial charge in [-0.25, -0.2) is 8.78 Å². The molecule has 0 saturated carbocycles. The number of hydrogen-bond acceptors (Lipinski definition) is 2. The molecule has 0 aromatic heterocycles. The normalized spacial score (nSPS) is 12.2. The molecule has 20 heavy (non-hydrogen) atoms. The highest BCUT2D eigenvalue weighted by Gasteiger charge is 2.13. The van der Waals surface area contributed by atoms with Crippen LogP contribution in [0.1, 0.15) is 17.2 Å². The van der Waals surface area contributed by atoms with E-state index in [4.69, 9.17) is 16.3 Å². The monoisotopic (exact) mass is 298 g/mol. The third-order valence-electron chi connectivity index (χ3n) is 2.97. The highest BCUT2D eigenvalue weighted by molar-refractivity contribution is 6.30. The Morgan fingerprint density at radius 3 is 2.55 bits per heavy atom. The maximum atomic E-state index is 13.3. The van der Waals surface area contributed by atoms with E-state index in [0.717, 1.165) is 0 Å². The van der Waals surface area contributed by atoms with Crippen molar-refractivity contribution in [2.45, 2.75) is 12.5 Å². The van der Waals surface area contributed by atoms with Crippen molar-refractivity contribution >= 4 is 11.6 Å². The molecule has 1 N–H and O–H groups in total. The zero-order valence-electron chi connectivity index (χ0n) is 10.7. The zero-order valence-corrected chi connectivity index (χ0v) is 11.5. The van der Waals surface area contributed by atoms with Crippen LogP contribution in [0, 0.1) is 11.6 Å². The van der Waals surface area contributed by atoms with Crippen LogP contribution in [-0.2, 0) is 6.42 Å². The molecule has 0 bridgehead atoms. The molecular formula is C15H13ClF2O2. The minimum absolute atomic E-state index is 0.0340. The van der Waals surface area contributed by atoms with Gasteiger partial charge in [-0.3, -0.25) is 0 Å². The average Bonchev–Trinajstić information content (AvgIpc) is 2.43. The van der Waals surface area contributed by atoms with Gasteiger partial charge in [0.05, 0.1) is 18.2 Å². The molecule has 0 heterocycles. The fourth-order valence-corrected chi connectivity index (χ4v) is 2.01. The highest BCUT2D eigenvalue weighted by Crippen LogP contribution is 2.26. The summed E-state index contributed by atoms with van der Waals surface area (Å²) in [4.78, 5) is 0. The molecule has 0 radical (unpaired) electrons. The molecule has 5 heteroatoms. The number of halogens is 3. The van der Waals surface area contributed by atoms with E-state index in [9.17, 15) is 13.9 Å². The molecular weight excluding hydrogens is 286 g/mol. The summed E-state index contributed by atoms with van der Waals surface area (Å²) >= 11 is 5.60. The summed E-state index contributed by atoms with van der Waals surface area (Å²) in [7, 11) is 1.35. The van der Waals surface area contributed by atoms with Gasteiger partial charge in [-0.2, -0.15) is 0 Å². The Balaban J connectivity index is 2.19. The quantitative estimate of drug-likeness (QED) is 0.927. The smallest absolute Gasteiger partial charge is 0.165 e. The number of rotatable bonds is 4. The van der Waals surface area contributed by atoms with Crippen LogP contribution in [0.2, 0.25) is 5.02 Å². The summed E-state index contributed by atoms with van der Waals surface area (Å²) in [5, 5.41) is 10.1. The first-order valence-electron chi connectivity index (χ1n) is 5.96. The lowest BCUT2D eigenvalue weighted by atomic mass is 10.0. The van der Waals surface area contributed by atoms with Crippen molar-refractivity contribution in [3.05, 3.63) is 64.2 Å². The average molecular weight is 299 g/mol. The van der Waals surface area contributed by atoms with Crippen LogP contribution in [0.25, 0.3) is 0 Å². The standard InChI is InChI=1S/C15H13ClF2O2/c1-20-15-8-10(3-5-12(15)17)14(19)7-9-2-4-11(16)13(18)6-9/h2-6,8,14,19H,7H2,1H3. The van der Waals surface area contributed by atoms with Crippen molar-refractivity contribution in [2.24, 2.45) is 0 Å². The fourth-order valence-electron chi connectivity index (χ4n) is 1.89. The van der Waals surface area contributed by atoms with Crippen molar-refractivity contribution in [2.75, 3.05) is 7.11 Å². The Hall–Kier alpha value is -1.65. The number of methoxy groups -OCH3 is 1. The number of ether oxygens (including phenoxy) is 1. The molecule has 0 aliphatic heterocycles. The van der Waals surface area contributed by atoms with Gasteiger partial charge in [0.1, 0.15) is 5.82 Å². The van der Waals surface area contributed by atoms with Gasteiger partial charge in [0.2, 0.25) is 0 Å². The van der Waals surface area contributed by atoms with E-state index in [2.05, 4.69) is 0 Å². The second-order valence-corrected chi connectivity index (χ2v) is 4.77. The van der Waals surface area contributed by atoms with Crippen LogP contribution in [0.5, 0.6) is 5.75 Å². The molecule has 0 amide bonds. The van der Waals surface area contributed by atoms with E-state index in [1.807, 2.05) is 0 Å². The molecule has 0 aliphatic rings. The van der Waals surface area contributed by atoms with Crippen LogP contribution in [0.15, 0.2) is 36.4 Å². The second kappa shape index (κ2) is 6.20. The van der Waals surface area contributed by atoms with Gasteiger partial charge < -0.3 is 9.84 Å². The molecule has 1 atom stereocenters. The van der Waals surface area contributed by atoms with E-state index in [1.165, 1.54) is 37.4 Å². The molecule has 2 nitrogen and oxygen atoms in total. The number of hydrogen-bond donors (Lipinski definition) is 1. The largest absolute Gasteiger partial charge is 0.494 e. The number of benzene rings is 2. The summed E-state index contributed by atoms with van der Waals surface area (Å²) < 4.78 is 31.5. The molecule has 106 valence electrons. The summed E-state index contributed by atoms with van der Waals surface area (Å²) in [6.45, 7) is 0. The maximum absolute atomic E-state index is 13.3. The zero-order chi connectivity index (χ0) is 14.7.